The molecule has 1 aliphatic carbocycles. The topological polar surface area (TPSA) is 58.2 Å². The normalized spacial score (nSPS) is 29.2. The fraction of sp³-hybridized carbons (Fsp3) is 0.818. The van der Waals surface area contributed by atoms with Crippen molar-refractivity contribution >= 4 is 11.9 Å². The molecule has 0 aromatic carbocycles. The van der Waals surface area contributed by atoms with Crippen LogP contribution in [0.15, 0.2) is 0 Å². The minimum absolute atomic E-state index is 0.134. The third kappa shape index (κ3) is 2.49. The van der Waals surface area contributed by atoms with Crippen LogP contribution in [0.4, 0.5) is 4.79 Å². The zero-order valence-corrected chi connectivity index (χ0v) is 8.92. The van der Waals surface area contributed by atoms with Gasteiger partial charge in [-0.15, -0.1) is 0 Å². The largest absolute Gasteiger partial charge is 0.326 e. The van der Waals surface area contributed by atoms with Crippen molar-refractivity contribution in [2.24, 2.45) is 5.92 Å². The van der Waals surface area contributed by atoms with E-state index >= 15 is 0 Å². The van der Waals surface area contributed by atoms with Crippen LogP contribution in [0, 0.1) is 5.92 Å². The van der Waals surface area contributed by atoms with Gasteiger partial charge in [0.15, 0.2) is 0 Å². The average Bonchev–Trinajstić information content (AvgIpc) is 2.45. The summed E-state index contributed by atoms with van der Waals surface area (Å²) < 4.78 is 0. The number of nitrogens with one attached hydrogen (secondary N) is 2. The van der Waals surface area contributed by atoms with Gasteiger partial charge >= 0.3 is 6.03 Å². The molecule has 0 radical (unpaired) electrons. The molecule has 0 aromatic rings. The number of imide groups is 1. The first-order valence-corrected chi connectivity index (χ1v) is 5.89. The first-order chi connectivity index (χ1) is 7.27. The van der Waals surface area contributed by atoms with Gasteiger partial charge in [-0.1, -0.05) is 32.1 Å². The third-order valence-corrected chi connectivity index (χ3v) is 3.43. The Bertz CT molecular complexity index is 257. The van der Waals surface area contributed by atoms with Crippen LogP contribution in [0.3, 0.4) is 0 Å². The fourth-order valence-electron chi connectivity index (χ4n) is 2.59. The van der Waals surface area contributed by atoms with E-state index in [4.69, 9.17) is 0 Å². The molecular weight excluding hydrogens is 192 g/mol. The van der Waals surface area contributed by atoms with E-state index in [-0.39, 0.29) is 18.0 Å². The van der Waals surface area contributed by atoms with Crippen molar-refractivity contribution in [3.05, 3.63) is 0 Å². The van der Waals surface area contributed by atoms with Crippen molar-refractivity contribution in [2.45, 2.75) is 51.0 Å². The van der Waals surface area contributed by atoms with Crippen molar-refractivity contribution in [3.8, 4) is 0 Å². The minimum Gasteiger partial charge on any atom is -0.326 e. The lowest BCUT2D eigenvalue weighted by Gasteiger charge is -2.23. The molecule has 4 heteroatoms. The summed E-state index contributed by atoms with van der Waals surface area (Å²) in [6.45, 7) is 0. The van der Waals surface area contributed by atoms with Crippen LogP contribution < -0.4 is 10.6 Å². The summed E-state index contributed by atoms with van der Waals surface area (Å²) in [4.78, 5) is 22.5. The number of hydrogen-bond donors (Lipinski definition) is 2. The average molecular weight is 210 g/mol. The quantitative estimate of drug-likeness (QED) is 0.645. The molecular formula is C11H18N2O2. The minimum atomic E-state index is -0.327. The number of hydrogen-bond acceptors (Lipinski definition) is 2. The third-order valence-electron chi connectivity index (χ3n) is 3.43. The lowest BCUT2D eigenvalue weighted by molar-refractivity contribution is -0.121. The molecule has 84 valence electrons. The summed E-state index contributed by atoms with van der Waals surface area (Å²) in [5.41, 5.74) is 0. The first-order valence-electron chi connectivity index (χ1n) is 5.89. The Morgan fingerprint density at radius 3 is 2.07 bits per heavy atom. The molecule has 1 saturated heterocycles. The molecule has 2 fully saturated rings. The Kier molecular flexibility index (Phi) is 3.23. The summed E-state index contributed by atoms with van der Waals surface area (Å²) >= 11 is 0. The second kappa shape index (κ2) is 4.64. The van der Waals surface area contributed by atoms with Crippen molar-refractivity contribution in [1.29, 1.82) is 0 Å². The Morgan fingerprint density at radius 2 is 1.53 bits per heavy atom. The number of carbonyl (C=O) groups excluding carboxylic acids is 2. The molecule has 0 aromatic heterocycles. The van der Waals surface area contributed by atoms with E-state index in [1.165, 1.54) is 32.1 Å². The molecule has 1 atom stereocenters. The number of rotatable bonds is 1. The van der Waals surface area contributed by atoms with Crippen molar-refractivity contribution in [1.82, 2.24) is 10.6 Å². The molecule has 4 nitrogen and oxygen atoms in total. The lowest BCUT2D eigenvalue weighted by atomic mass is 9.86. The highest BCUT2D eigenvalue weighted by Crippen LogP contribution is 2.25. The Labute approximate surface area is 89.8 Å². The zero-order chi connectivity index (χ0) is 10.7. The van der Waals surface area contributed by atoms with Gasteiger partial charge in [-0.2, -0.15) is 0 Å². The highest BCUT2D eigenvalue weighted by atomic mass is 16.2. The van der Waals surface area contributed by atoms with Crippen molar-refractivity contribution < 1.29 is 9.59 Å². The molecule has 3 amide bonds. The second-order valence-electron chi connectivity index (χ2n) is 4.55. The number of urea groups is 1. The van der Waals surface area contributed by atoms with Crippen molar-refractivity contribution in [3.63, 3.8) is 0 Å². The van der Waals surface area contributed by atoms with Gasteiger partial charge in [0, 0.05) is 0 Å². The maximum absolute atomic E-state index is 11.5. The molecule has 1 aliphatic heterocycles. The molecule has 1 heterocycles. The van der Waals surface area contributed by atoms with E-state index in [1.54, 1.807) is 0 Å². The molecule has 1 saturated carbocycles. The predicted molar refractivity (Wildman–Crippen MR) is 56.3 cm³/mol. The molecule has 2 N–H and O–H groups in total. The maximum Gasteiger partial charge on any atom is 0.322 e. The second-order valence-corrected chi connectivity index (χ2v) is 4.55. The van der Waals surface area contributed by atoms with E-state index in [9.17, 15) is 9.59 Å². The van der Waals surface area contributed by atoms with Gasteiger partial charge in [-0.3, -0.25) is 10.1 Å². The molecule has 2 rings (SSSR count). The lowest BCUT2D eigenvalue weighted by Crippen LogP contribution is -2.37. The summed E-state index contributed by atoms with van der Waals surface area (Å²) in [7, 11) is 0. The predicted octanol–water partition coefficient (Wildman–Crippen LogP) is 1.55. The van der Waals surface area contributed by atoms with Gasteiger partial charge in [0.1, 0.15) is 6.04 Å². The highest BCUT2D eigenvalue weighted by molar-refractivity contribution is 6.04. The van der Waals surface area contributed by atoms with Crippen LogP contribution in [-0.4, -0.2) is 18.0 Å². The molecule has 0 bridgehead atoms. The van der Waals surface area contributed by atoms with Crippen molar-refractivity contribution in [2.75, 3.05) is 0 Å². The highest BCUT2D eigenvalue weighted by Gasteiger charge is 2.35. The first kappa shape index (κ1) is 10.5. The monoisotopic (exact) mass is 210 g/mol. The molecule has 0 spiro atoms. The number of amides is 3. The maximum atomic E-state index is 11.5. The Balaban J connectivity index is 1.95. The van der Waals surface area contributed by atoms with Crippen LogP contribution in [0.2, 0.25) is 0 Å². The van der Waals surface area contributed by atoms with E-state index in [0.29, 0.717) is 5.92 Å². The van der Waals surface area contributed by atoms with Crippen LogP contribution in [0.5, 0.6) is 0 Å². The van der Waals surface area contributed by atoms with Crippen LogP contribution in [0.1, 0.15) is 44.9 Å². The van der Waals surface area contributed by atoms with Gasteiger partial charge in [0.05, 0.1) is 0 Å². The summed E-state index contributed by atoms with van der Waals surface area (Å²) in [6, 6.07) is -0.595. The van der Waals surface area contributed by atoms with E-state index in [0.717, 1.165) is 12.8 Å². The molecule has 1 unspecified atom stereocenters. The summed E-state index contributed by atoms with van der Waals surface area (Å²) in [5, 5.41) is 5.03. The van der Waals surface area contributed by atoms with E-state index in [2.05, 4.69) is 10.6 Å². The number of carbonyl (C=O) groups is 2. The van der Waals surface area contributed by atoms with E-state index < -0.39 is 0 Å². The van der Waals surface area contributed by atoms with E-state index in [1.807, 2.05) is 0 Å². The zero-order valence-electron chi connectivity index (χ0n) is 8.92. The SMILES string of the molecule is O=C1NC(=O)C(C2CCCCCCC2)N1. The van der Waals surface area contributed by atoms with Gasteiger partial charge in [-0.05, 0) is 18.8 Å². The Morgan fingerprint density at radius 1 is 0.933 bits per heavy atom. The smallest absolute Gasteiger partial charge is 0.322 e. The fourth-order valence-corrected chi connectivity index (χ4v) is 2.59. The molecule has 15 heavy (non-hydrogen) atoms. The van der Waals surface area contributed by atoms with Crippen LogP contribution >= 0.6 is 0 Å². The summed E-state index contributed by atoms with van der Waals surface area (Å²) in [5.74, 6) is 0.210. The van der Waals surface area contributed by atoms with Gasteiger partial charge in [0.25, 0.3) is 5.91 Å². The van der Waals surface area contributed by atoms with Gasteiger partial charge in [0.2, 0.25) is 0 Å². The molecule has 2 aliphatic rings. The summed E-state index contributed by atoms with van der Waals surface area (Å²) in [6.07, 6.45) is 8.35. The van der Waals surface area contributed by atoms with Crippen LogP contribution in [0.25, 0.3) is 0 Å². The Hall–Kier alpha value is -1.06. The van der Waals surface area contributed by atoms with Gasteiger partial charge in [-0.25, -0.2) is 4.79 Å². The van der Waals surface area contributed by atoms with Crippen LogP contribution in [-0.2, 0) is 4.79 Å². The van der Waals surface area contributed by atoms with Gasteiger partial charge < -0.3 is 5.32 Å². The standard InChI is InChI=1S/C11H18N2O2/c14-10-9(12-11(15)13-10)8-6-4-2-1-3-5-7-8/h8-9H,1-7H2,(H2,12,13,14,15).